The third-order valence-electron chi connectivity index (χ3n) is 5.35. The summed E-state index contributed by atoms with van der Waals surface area (Å²) < 4.78 is 16.6. The fourth-order valence-corrected chi connectivity index (χ4v) is 3.73. The Kier molecular flexibility index (Phi) is 4.73. The van der Waals surface area contributed by atoms with Crippen LogP contribution in [0.4, 0.5) is 5.88 Å². The van der Waals surface area contributed by atoms with Gasteiger partial charge in [-0.15, -0.1) is 0 Å². The summed E-state index contributed by atoms with van der Waals surface area (Å²) in [7, 11) is 0. The lowest BCUT2D eigenvalue weighted by Crippen LogP contribution is -2.32. The zero-order chi connectivity index (χ0) is 16.6. The van der Waals surface area contributed by atoms with Crippen molar-refractivity contribution in [3.63, 3.8) is 0 Å². The van der Waals surface area contributed by atoms with Crippen molar-refractivity contribution in [2.45, 2.75) is 58.7 Å². The minimum absolute atomic E-state index is 0.0490. The summed E-state index contributed by atoms with van der Waals surface area (Å²) in [6, 6.07) is 0. The Morgan fingerprint density at radius 3 is 2.48 bits per heavy atom. The minimum Gasteiger partial charge on any atom is -0.381 e. The summed E-state index contributed by atoms with van der Waals surface area (Å²) in [4.78, 5) is 12.6. The zero-order valence-electron chi connectivity index (χ0n) is 14.3. The van der Waals surface area contributed by atoms with E-state index < -0.39 is 0 Å². The molecule has 0 aliphatic carbocycles. The van der Waals surface area contributed by atoms with Crippen LogP contribution in [0.15, 0.2) is 4.52 Å². The monoisotopic (exact) mass is 322 g/mol. The Balaban J connectivity index is 1.71. The van der Waals surface area contributed by atoms with Gasteiger partial charge in [-0.25, -0.2) is 0 Å². The van der Waals surface area contributed by atoms with Gasteiger partial charge in [0.1, 0.15) is 0 Å². The largest absolute Gasteiger partial charge is 0.381 e. The summed E-state index contributed by atoms with van der Waals surface area (Å²) in [5.41, 5.74) is 1.87. The minimum atomic E-state index is -0.166. The van der Waals surface area contributed by atoms with Crippen molar-refractivity contribution in [2.75, 3.05) is 18.5 Å². The average Bonchev–Trinajstić information content (AvgIpc) is 3.01. The first-order valence-electron chi connectivity index (χ1n) is 8.49. The summed E-state index contributed by atoms with van der Waals surface area (Å²) >= 11 is 0. The third-order valence-corrected chi connectivity index (χ3v) is 5.35. The topological polar surface area (TPSA) is 73.6 Å². The van der Waals surface area contributed by atoms with E-state index >= 15 is 0 Å². The highest BCUT2D eigenvalue weighted by atomic mass is 16.5. The van der Waals surface area contributed by atoms with Crippen molar-refractivity contribution >= 4 is 11.8 Å². The van der Waals surface area contributed by atoms with Crippen LogP contribution in [0.1, 0.15) is 50.8 Å². The van der Waals surface area contributed by atoms with Gasteiger partial charge in [0.15, 0.2) is 0 Å². The molecular formula is C17H26N2O4. The second-order valence-electron chi connectivity index (χ2n) is 6.83. The normalized spacial score (nSPS) is 32.2. The predicted octanol–water partition coefficient (Wildman–Crippen LogP) is 2.88. The van der Waals surface area contributed by atoms with Gasteiger partial charge in [-0.05, 0) is 39.5 Å². The number of ether oxygens (including phenoxy) is 2. The highest BCUT2D eigenvalue weighted by molar-refractivity contribution is 5.92. The highest BCUT2D eigenvalue weighted by Crippen LogP contribution is 2.35. The Morgan fingerprint density at radius 1 is 1.17 bits per heavy atom. The number of anilines is 1. The lowest BCUT2D eigenvalue weighted by atomic mass is 9.89. The Bertz CT molecular complexity index is 565. The number of carbonyl (C=O) groups excluding carboxylic acids is 1. The molecule has 3 rings (SSSR count). The fraction of sp³-hybridized carbons (Fsp3) is 0.765. The van der Waals surface area contributed by atoms with E-state index in [1.807, 2.05) is 20.8 Å². The molecule has 0 radical (unpaired) electrons. The first-order chi connectivity index (χ1) is 11.0. The summed E-state index contributed by atoms with van der Waals surface area (Å²) in [5, 5.41) is 7.11. The maximum absolute atomic E-state index is 12.6. The van der Waals surface area contributed by atoms with Gasteiger partial charge in [-0.1, -0.05) is 12.1 Å². The fourth-order valence-electron chi connectivity index (χ4n) is 3.73. The zero-order valence-corrected chi connectivity index (χ0v) is 14.3. The van der Waals surface area contributed by atoms with Crippen molar-refractivity contribution in [3.8, 4) is 0 Å². The van der Waals surface area contributed by atoms with Crippen LogP contribution in [0.3, 0.4) is 0 Å². The van der Waals surface area contributed by atoms with Crippen LogP contribution in [0.5, 0.6) is 0 Å². The molecule has 0 saturated carbocycles. The molecule has 2 aliphatic heterocycles. The number of nitrogens with zero attached hydrogens (tertiary/aromatic N) is 1. The number of aromatic nitrogens is 1. The summed E-state index contributed by atoms with van der Waals surface area (Å²) in [6.45, 7) is 9.48. The molecular weight excluding hydrogens is 296 g/mol. The van der Waals surface area contributed by atoms with Gasteiger partial charge in [0, 0.05) is 24.7 Å². The van der Waals surface area contributed by atoms with Crippen molar-refractivity contribution in [1.82, 2.24) is 5.16 Å². The lowest BCUT2D eigenvalue weighted by molar-refractivity contribution is -0.122. The van der Waals surface area contributed by atoms with Crippen LogP contribution in [0.2, 0.25) is 0 Å². The number of hydrogen-bond acceptors (Lipinski definition) is 5. The predicted molar refractivity (Wildman–Crippen MR) is 85.3 cm³/mol. The van der Waals surface area contributed by atoms with E-state index in [0.29, 0.717) is 11.8 Å². The van der Waals surface area contributed by atoms with E-state index in [9.17, 15) is 4.79 Å². The number of amides is 1. The van der Waals surface area contributed by atoms with Crippen molar-refractivity contribution in [2.24, 2.45) is 11.8 Å². The van der Waals surface area contributed by atoms with Gasteiger partial charge >= 0.3 is 0 Å². The highest BCUT2D eigenvalue weighted by Gasteiger charge is 2.42. The number of nitrogens with one attached hydrogen (secondary N) is 1. The summed E-state index contributed by atoms with van der Waals surface area (Å²) in [5.74, 6) is 0.789. The molecule has 0 aromatic carbocycles. The molecule has 1 N–H and O–H groups in total. The molecule has 23 heavy (non-hydrogen) atoms. The van der Waals surface area contributed by atoms with Crippen molar-refractivity contribution in [1.29, 1.82) is 0 Å². The van der Waals surface area contributed by atoms with E-state index in [-0.39, 0.29) is 30.0 Å². The second-order valence-corrected chi connectivity index (χ2v) is 6.83. The molecule has 4 unspecified atom stereocenters. The van der Waals surface area contributed by atoms with Gasteiger partial charge in [0.2, 0.25) is 11.8 Å². The van der Waals surface area contributed by atoms with E-state index in [4.69, 9.17) is 14.0 Å². The second kappa shape index (κ2) is 6.61. The molecule has 1 aromatic heterocycles. The van der Waals surface area contributed by atoms with Crippen LogP contribution in [-0.2, 0) is 14.3 Å². The Morgan fingerprint density at radius 2 is 1.87 bits per heavy atom. The first-order valence-corrected chi connectivity index (χ1v) is 8.49. The van der Waals surface area contributed by atoms with E-state index in [1.165, 1.54) is 0 Å². The number of carbonyl (C=O) groups is 1. The molecule has 6 heteroatoms. The molecule has 4 atom stereocenters. The van der Waals surface area contributed by atoms with Crippen molar-refractivity contribution in [3.05, 3.63) is 11.3 Å². The van der Waals surface area contributed by atoms with Crippen molar-refractivity contribution < 1.29 is 18.8 Å². The van der Waals surface area contributed by atoms with Crippen LogP contribution < -0.4 is 5.32 Å². The Labute approximate surface area is 136 Å². The molecule has 2 aliphatic rings. The standard InChI is InChI=1S/C17H26N2O4/c1-9-11(3)22-12(4)14(9)16(20)18-17-10(2)15(19-23-17)13-5-7-21-8-6-13/h9,11-14H,5-8H2,1-4H3,(H,18,20). The average molecular weight is 322 g/mol. The molecule has 2 fully saturated rings. The first kappa shape index (κ1) is 16.5. The maximum Gasteiger partial charge on any atom is 0.234 e. The van der Waals surface area contributed by atoms with E-state index in [0.717, 1.165) is 37.3 Å². The number of hydrogen-bond donors (Lipinski definition) is 1. The molecule has 1 aromatic rings. The van der Waals surface area contributed by atoms with Crippen LogP contribution in [-0.4, -0.2) is 36.5 Å². The van der Waals surface area contributed by atoms with Crippen LogP contribution in [0.25, 0.3) is 0 Å². The molecule has 6 nitrogen and oxygen atoms in total. The quantitative estimate of drug-likeness (QED) is 0.926. The molecule has 128 valence electrons. The van der Waals surface area contributed by atoms with Gasteiger partial charge in [0.05, 0.1) is 23.8 Å². The van der Waals surface area contributed by atoms with Crippen LogP contribution >= 0.6 is 0 Å². The SMILES string of the molecule is Cc1c(C2CCOCC2)noc1NC(=O)C1C(C)OC(C)C1C. The van der Waals surface area contributed by atoms with Gasteiger partial charge in [-0.2, -0.15) is 0 Å². The van der Waals surface area contributed by atoms with Gasteiger partial charge in [0.25, 0.3) is 0 Å². The van der Waals surface area contributed by atoms with Gasteiger partial charge in [-0.3, -0.25) is 10.1 Å². The maximum atomic E-state index is 12.6. The lowest BCUT2D eigenvalue weighted by Gasteiger charge is -2.20. The number of rotatable bonds is 3. The Hall–Kier alpha value is -1.40. The molecule has 1 amide bonds. The smallest absolute Gasteiger partial charge is 0.234 e. The van der Waals surface area contributed by atoms with E-state index in [1.54, 1.807) is 0 Å². The molecule has 2 saturated heterocycles. The van der Waals surface area contributed by atoms with E-state index in [2.05, 4.69) is 17.4 Å². The van der Waals surface area contributed by atoms with Crippen LogP contribution in [0, 0.1) is 18.8 Å². The molecule has 0 bridgehead atoms. The summed E-state index contributed by atoms with van der Waals surface area (Å²) in [6.07, 6.45) is 1.90. The third kappa shape index (κ3) is 3.15. The molecule has 3 heterocycles. The van der Waals surface area contributed by atoms with Gasteiger partial charge < -0.3 is 14.0 Å². The molecule has 0 spiro atoms.